The maximum atomic E-state index is 12.2. The maximum absolute atomic E-state index is 12.2. The van der Waals surface area contributed by atoms with Gasteiger partial charge in [0.1, 0.15) is 23.9 Å². The highest BCUT2D eigenvalue weighted by atomic mass is 16.5. The summed E-state index contributed by atoms with van der Waals surface area (Å²) in [6, 6.07) is 21.8. The van der Waals surface area contributed by atoms with E-state index in [0.29, 0.717) is 31.3 Å². The maximum Gasteiger partial charge on any atom is 0.269 e. The average molecular weight is 443 g/mol. The number of carbonyl (C=O) groups is 1. The number of imidazole rings is 1. The fraction of sp³-hybridized carbons (Fsp3) is 0.296. The van der Waals surface area contributed by atoms with Gasteiger partial charge in [0.2, 0.25) is 0 Å². The number of hydrogen-bond donors (Lipinski definition) is 1. The molecule has 0 aliphatic heterocycles. The van der Waals surface area contributed by atoms with Crippen LogP contribution in [-0.4, -0.2) is 33.6 Å². The van der Waals surface area contributed by atoms with E-state index in [1.807, 2.05) is 36.4 Å². The predicted octanol–water partition coefficient (Wildman–Crippen LogP) is 5.00. The molecule has 0 saturated heterocycles. The second kappa shape index (κ2) is 10.8. The minimum atomic E-state index is -0.152. The van der Waals surface area contributed by atoms with Crippen molar-refractivity contribution in [3.05, 3.63) is 90.0 Å². The van der Waals surface area contributed by atoms with E-state index in [0.717, 1.165) is 35.4 Å². The smallest absolute Gasteiger partial charge is 0.269 e. The number of pyridine rings is 1. The van der Waals surface area contributed by atoms with Crippen molar-refractivity contribution in [1.29, 1.82) is 0 Å². The Morgan fingerprint density at radius 1 is 1.03 bits per heavy atom. The van der Waals surface area contributed by atoms with E-state index in [-0.39, 0.29) is 5.91 Å². The molecule has 4 aromatic rings. The first-order valence-corrected chi connectivity index (χ1v) is 11.5. The van der Waals surface area contributed by atoms with Crippen LogP contribution in [-0.2, 0) is 13.0 Å². The van der Waals surface area contributed by atoms with Gasteiger partial charge < -0.3 is 14.6 Å². The number of rotatable bonds is 10. The molecule has 6 nitrogen and oxygen atoms in total. The van der Waals surface area contributed by atoms with Crippen LogP contribution < -0.4 is 10.1 Å². The van der Waals surface area contributed by atoms with E-state index in [2.05, 4.69) is 46.9 Å². The molecular formula is C27H30N4O2. The number of aryl methyl sites for hydroxylation is 1. The minimum Gasteiger partial charge on any atom is -0.492 e. The molecule has 0 aliphatic carbocycles. The molecule has 33 heavy (non-hydrogen) atoms. The van der Waals surface area contributed by atoms with Crippen molar-refractivity contribution in [2.45, 2.75) is 39.2 Å². The monoisotopic (exact) mass is 442 g/mol. The quantitative estimate of drug-likeness (QED) is 0.351. The Kier molecular flexibility index (Phi) is 7.35. The molecule has 0 saturated carbocycles. The zero-order valence-corrected chi connectivity index (χ0v) is 19.2. The molecule has 0 unspecified atom stereocenters. The Morgan fingerprint density at radius 3 is 2.58 bits per heavy atom. The third-order valence-corrected chi connectivity index (χ3v) is 5.62. The molecule has 0 atom stereocenters. The molecule has 0 fully saturated rings. The number of benzene rings is 2. The fourth-order valence-electron chi connectivity index (χ4n) is 3.81. The zero-order valence-electron chi connectivity index (χ0n) is 19.2. The van der Waals surface area contributed by atoms with E-state index >= 15 is 0 Å². The lowest BCUT2D eigenvalue weighted by molar-refractivity contribution is 0.0948. The van der Waals surface area contributed by atoms with Gasteiger partial charge in [0.15, 0.2) is 0 Å². The summed E-state index contributed by atoms with van der Waals surface area (Å²) in [5, 5.41) is 2.94. The summed E-state index contributed by atoms with van der Waals surface area (Å²) in [4.78, 5) is 21.1. The number of aromatic nitrogens is 3. The Bertz CT molecular complexity index is 1180. The molecule has 4 rings (SSSR count). The molecule has 170 valence electrons. The summed E-state index contributed by atoms with van der Waals surface area (Å²) in [6.45, 7) is 6.21. The summed E-state index contributed by atoms with van der Waals surface area (Å²) >= 11 is 0. The fourth-order valence-corrected chi connectivity index (χ4v) is 3.81. The Hall–Kier alpha value is -3.67. The van der Waals surface area contributed by atoms with Crippen molar-refractivity contribution in [1.82, 2.24) is 19.9 Å². The summed E-state index contributed by atoms with van der Waals surface area (Å²) in [5.74, 6) is 2.23. The largest absolute Gasteiger partial charge is 0.492 e. The van der Waals surface area contributed by atoms with Crippen molar-refractivity contribution in [2.75, 3.05) is 13.2 Å². The van der Waals surface area contributed by atoms with Crippen molar-refractivity contribution in [3.8, 4) is 5.75 Å². The van der Waals surface area contributed by atoms with E-state index in [1.165, 1.54) is 5.56 Å². The molecule has 2 aromatic heterocycles. The van der Waals surface area contributed by atoms with Gasteiger partial charge in [0, 0.05) is 19.2 Å². The van der Waals surface area contributed by atoms with Gasteiger partial charge in [-0.15, -0.1) is 0 Å². The normalized spacial score (nSPS) is 11.1. The van der Waals surface area contributed by atoms with E-state index in [1.54, 1.807) is 18.3 Å². The molecule has 6 heteroatoms. The highest BCUT2D eigenvalue weighted by Gasteiger charge is 2.11. The van der Waals surface area contributed by atoms with Crippen LogP contribution in [0.1, 0.15) is 48.1 Å². The van der Waals surface area contributed by atoms with Crippen LogP contribution in [0.5, 0.6) is 5.75 Å². The van der Waals surface area contributed by atoms with Crippen molar-refractivity contribution < 1.29 is 9.53 Å². The summed E-state index contributed by atoms with van der Waals surface area (Å²) in [6.07, 6.45) is 3.18. The number of ether oxygens (including phenoxy) is 1. The first-order valence-electron chi connectivity index (χ1n) is 11.5. The summed E-state index contributed by atoms with van der Waals surface area (Å²) in [7, 11) is 0. The Morgan fingerprint density at radius 2 is 1.82 bits per heavy atom. The lowest BCUT2D eigenvalue weighted by atomic mass is 10.0. The summed E-state index contributed by atoms with van der Waals surface area (Å²) in [5.41, 5.74) is 3.82. The third kappa shape index (κ3) is 5.77. The highest BCUT2D eigenvalue weighted by Crippen LogP contribution is 2.20. The lowest BCUT2D eigenvalue weighted by Gasteiger charge is -2.12. The number of para-hydroxylation sites is 2. The van der Waals surface area contributed by atoms with Crippen LogP contribution in [0.25, 0.3) is 11.0 Å². The SMILES string of the molecule is CC(C)c1ccc(OCCn2c(CCCNC(=O)c3ccccn3)nc3ccccc32)cc1. The van der Waals surface area contributed by atoms with Crippen LogP contribution in [0.15, 0.2) is 72.9 Å². The van der Waals surface area contributed by atoms with E-state index in [4.69, 9.17) is 9.72 Å². The van der Waals surface area contributed by atoms with Crippen LogP contribution in [0.2, 0.25) is 0 Å². The first kappa shape index (κ1) is 22.5. The molecule has 1 amide bonds. The molecule has 0 spiro atoms. The number of nitrogens with one attached hydrogen (secondary N) is 1. The van der Waals surface area contributed by atoms with Crippen LogP contribution in [0, 0.1) is 0 Å². The molecule has 0 bridgehead atoms. The lowest BCUT2D eigenvalue weighted by Crippen LogP contribution is -2.25. The van der Waals surface area contributed by atoms with Gasteiger partial charge in [-0.05, 0) is 54.3 Å². The van der Waals surface area contributed by atoms with Gasteiger partial charge in [-0.2, -0.15) is 0 Å². The molecular weight excluding hydrogens is 412 g/mol. The second-order valence-electron chi connectivity index (χ2n) is 8.32. The molecule has 0 aliphatic rings. The van der Waals surface area contributed by atoms with Crippen molar-refractivity contribution >= 4 is 16.9 Å². The van der Waals surface area contributed by atoms with E-state index < -0.39 is 0 Å². The number of hydrogen-bond acceptors (Lipinski definition) is 4. The second-order valence-corrected chi connectivity index (χ2v) is 8.32. The van der Waals surface area contributed by atoms with Crippen LogP contribution >= 0.6 is 0 Å². The van der Waals surface area contributed by atoms with Gasteiger partial charge in [0.25, 0.3) is 5.91 Å². The molecule has 1 N–H and O–H groups in total. The van der Waals surface area contributed by atoms with Gasteiger partial charge in [-0.25, -0.2) is 4.98 Å². The highest BCUT2D eigenvalue weighted by molar-refractivity contribution is 5.92. The van der Waals surface area contributed by atoms with Crippen LogP contribution in [0.3, 0.4) is 0 Å². The molecule has 0 radical (unpaired) electrons. The minimum absolute atomic E-state index is 0.152. The zero-order chi connectivity index (χ0) is 23.0. The molecule has 2 aromatic carbocycles. The van der Waals surface area contributed by atoms with Crippen molar-refractivity contribution in [3.63, 3.8) is 0 Å². The third-order valence-electron chi connectivity index (χ3n) is 5.62. The number of nitrogens with zero attached hydrogens (tertiary/aromatic N) is 3. The van der Waals surface area contributed by atoms with Gasteiger partial charge in [-0.1, -0.05) is 44.2 Å². The number of fused-ring (bicyclic) bond motifs is 1. The average Bonchev–Trinajstić information content (AvgIpc) is 3.20. The predicted molar refractivity (Wildman–Crippen MR) is 131 cm³/mol. The Labute approximate surface area is 194 Å². The van der Waals surface area contributed by atoms with Gasteiger partial charge in [0.05, 0.1) is 17.6 Å². The van der Waals surface area contributed by atoms with Crippen LogP contribution in [0.4, 0.5) is 0 Å². The van der Waals surface area contributed by atoms with Crippen molar-refractivity contribution in [2.24, 2.45) is 0 Å². The Balaban J connectivity index is 1.35. The summed E-state index contributed by atoms with van der Waals surface area (Å²) < 4.78 is 8.23. The van der Waals surface area contributed by atoms with E-state index in [9.17, 15) is 4.79 Å². The standard InChI is InChI=1S/C27H30N4O2/c1-20(2)21-12-14-22(15-13-21)33-19-18-31-25-10-4-3-8-23(25)30-26(31)11-7-17-29-27(32)24-9-5-6-16-28-24/h3-6,8-10,12-16,20H,7,11,17-19H2,1-2H3,(H,29,32). The topological polar surface area (TPSA) is 69.0 Å². The van der Waals surface area contributed by atoms with Gasteiger partial charge >= 0.3 is 0 Å². The number of amides is 1. The first-order chi connectivity index (χ1) is 16.1. The molecule has 2 heterocycles. The number of carbonyl (C=O) groups excluding carboxylic acids is 1. The van der Waals surface area contributed by atoms with Gasteiger partial charge in [-0.3, -0.25) is 9.78 Å².